The van der Waals surface area contributed by atoms with Gasteiger partial charge in [-0.3, -0.25) is 9.69 Å². The Hall–Kier alpha value is -3.51. The summed E-state index contributed by atoms with van der Waals surface area (Å²) in [6, 6.07) is 16.3. The van der Waals surface area contributed by atoms with E-state index in [0.29, 0.717) is 22.7 Å². The third-order valence-electron chi connectivity index (χ3n) is 3.92. The Morgan fingerprint density at radius 2 is 1.83 bits per heavy atom. The summed E-state index contributed by atoms with van der Waals surface area (Å²) >= 11 is 1.11. The highest BCUT2D eigenvalue weighted by Crippen LogP contribution is 2.30. The lowest BCUT2D eigenvalue weighted by Crippen LogP contribution is -2.32. The van der Waals surface area contributed by atoms with Gasteiger partial charge in [-0.25, -0.2) is 0 Å². The van der Waals surface area contributed by atoms with Crippen LogP contribution in [0.3, 0.4) is 0 Å². The molecule has 0 saturated heterocycles. The molecule has 1 amide bonds. The molecule has 9 heteroatoms. The molecule has 0 aliphatic carbocycles. The second kappa shape index (κ2) is 9.61. The van der Waals surface area contributed by atoms with Crippen LogP contribution in [0.2, 0.25) is 0 Å². The maximum absolute atomic E-state index is 12.6. The largest absolute Gasteiger partial charge is 0.497 e. The van der Waals surface area contributed by atoms with Gasteiger partial charge in [-0.15, -0.1) is 10.2 Å². The Balaban J connectivity index is 1.70. The van der Waals surface area contributed by atoms with E-state index >= 15 is 0 Å². The first kappa shape index (κ1) is 20.2. The summed E-state index contributed by atoms with van der Waals surface area (Å²) in [6.45, 7) is -0.0396. The van der Waals surface area contributed by atoms with Crippen LogP contribution in [0.25, 0.3) is 11.5 Å². The number of hydrogen-bond acceptors (Lipinski definition) is 8. The van der Waals surface area contributed by atoms with Gasteiger partial charge < -0.3 is 13.9 Å². The predicted molar refractivity (Wildman–Crippen MR) is 108 cm³/mol. The van der Waals surface area contributed by atoms with Crippen molar-refractivity contribution in [2.45, 2.75) is 5.22 Å². The Bertz CT molecular complexity index is 995. The van der Waals surface area contributed by atoms with Crippen molar-refractivity contribution in [2.75, 3.05) is 31.4 Å². The molecular weight excluding hydrogens is 392 g/mol. The molecule has 0 fully saturated rings. The van der Waals surface area contributed by atoms with Gasteiger partial charge in [-0.2, -0.15) is 5.26 Å². The number of thioether (sulfide) groups is 1. The summed E-state index contributed by atoms with van der Waals surface area (Å²) in [7, 11) is 3.11. The molecule has 0 N–H and O–H groups in total. The average Bonchev–Trinajstić information content (AvgIpc) is 3.25. The molecule has 8 nitrogen and oxygen atoms in total. The monoisotopic (exact) mass is 410 g/mol. The topological polar surface area (TPSA) is 101 Å². The van der Waals surface area contributed by atoms with Gasteiger partial charge in [0.05, 0.1) is 26.0 Å². The summed E-state index contributed by atoms with van der Waals surface area (Å²) in [5, 5.41) is 17.3. The molecule has 0 saturated carbocycles. The minimum absolute atomic E-state index is 0.0396. The van der Waals surface area contributed by atoms with Crippen molar-refractivity contribution in [3.63, 3.8) is 0 Å². The number of para-hydroxylation sites is 1. The van der Waals surface area contributed by atoms with Crippen molar-refractivity contribution >= 4 is 23.4 Å². The Morgan fingerprint density at radius 3 is 2.45 bits per heavy atom. The fraction of sp³-hybridized carbons (Fsp3) is 0.200. The lowest BCUT2D eigenvalue weighted by Gasteiger charge is -2.18. The van der Waals surface area contributed by atoms with E-state index in [9.17, 15) is 4.79 Å². The first-order chi connectivity index (χ1) is 14.1. The van der Waals surface area contributed by atoms with E-state index in [4.69, 9.17) is 19.2 Å². The van der Waals surface area contributed by atoms with Crippen molar-refractivity contribution in [2.24, 2.45) is 0 Å². The predicted octanol–water partition coefficient (Wildman–Crippen LogP) is 3.40. The Kier molecular flexibility index (Phi) is 6.71. The van der Waals surface area contributed by atoms with Gasteiger partial charge in [-0.1, -0.05) is 30.0 Å². The highest BCUT2D eigenvalue weighted by atomic mass is 32.2. The minimum Gasteiger partial charge on any atom is -0.497 e. The fourth-order valence-electron chi connectivity index (χ4n) is 2.52. The van der Waals surface area contributed by atoms with Gasteiger partial charge in [0, 0.05) is 17.3 Å². The molecule has 3 aromatic rings. The molecule has 0 aliphatic rings. The van der Waals surface area contributed by atoms with Crippen molar-refractivity contribution < 1.29 is 18.7 Å². The van der Waals surface area contributed by atoms with Crippen LogP contribution in [0.5, 0.6) is 11.5 Å². The molecule has 148 valence electrons. The van der Waals surface area contributed by atoms with E-state index < -0.39 is 0 Å². The van der Waals surface area contributed by atoms with E-state index in [-0.39, 0.29) is 29.3 Å². The number of nitriles is 1. The van der Waals surface area contributed by atoms with Crippen LogP contribution < -0.4 is 14.4 Å². The zero-order valence-corrected chi connectivity index (χ0v) is 16.7. The van der Waals surface area contributed by atoms with Crippen LogP contribution in [0.1, 0.15) is 0 Å². The normalized spacial score (nSPS) is 10.2. The van der Waals surface area contributed by atoms with Gasteiger partial charge in [-0.05, 0) is 24.3 Å². The molecule has 0 unspecified atom stereocenters. The molecule has 0 radical (unpaired) electrons. The molecule has 3 rings (SSSR count). The van der Waals surface area contributed by atoms with Crippen LogP contribution in [-0.4, -0.2) is 42.6 Å². The third kappa shape index (κ3) is 5.06. The maximum atomic E-state index is 12.6. The van der Waals surface area contributed by atoms with E-state index in [1.165, 1.54) is 4.90 Å². The molecule has 2 aromatic carbocycles. The molecule has 1 aromatic heterocycles. The standard InChI is InChI=1S/C20H18N4O4S/c1-26-16-10-14(11-17(12-16)27-2)19-22-23-20(28-19)29-13-18(25)24(9-8-21)15-6-4-3-5-7-15/h3-7,10-12H,9,13H2,1-2H3. The summed E-state index contributed by atoms with van der Waals surface area (Å²) in [5.41, 5.74) is 1.30. The second-order valence-corrected chi connectivity index (χ2v) is 6.66. The number of rotatable bonds is 8. The number of carbonyl (C=O) groups is 1. The zero-order valence-electron chi connectivity index (χ0n) is 15.9. The summed E-state index contributed by atoms with van der Waals surface area (Å²) in [6.07, 6.45) is 0. The number of ether oxygens (including phenoxy) is 2. The molecule has 0 atom stereocenters. The highest BCUT2D eigenvalue weighted by molar-refractivity contribution is 7.99. The Morgan fingerprint density at radius 1 is 1.14 bits per heavy atom. The summed E-state index contributed by atoms with van der Waals surface area (Å²) in [5.74, 6) is 1.30. The molecular formula is C20H18N4O4S. The first-order valence-corrected chi connectivity index (χ1v) is 9.55. The molecule has 1 heterocycles. The van der Waals surface area contributed by atoms with Crippen molar-refractivity contribution in [1.82, 2.24) is 10.2 Å². The third-order valence-corrected chi connectivity index (χ3v) is 4.72. The summed E-state index contributed by atoms with van der Waals surface area (Å²) < 4.78 is 16.1. The highest BCUT2D eigenvalue weighted by Gasteiger charge is 2.18. The van der Waals surface area contributed by atoms with Gasteiger partial charge >= 0.3 is 0 Å². The van der Waals surface area contributed by atoms with Crippen LogP contribution in [0.4, 0.5) is 5.69 Å². The molecule has 29 heavy (non-hydrogen) atoms. The van der Waals surface area contributed by atoms with Gasteiger partial charge in [0.1, 0.15) is 18.0 Å². The van der Waals surface area contributed by atoms with E-state index in [2.05, 4.69) is 10.2 Å². The smallest absolute Gasteiger partial charge is 0.277 e. The number of aromatic nitrogens is 2. The zero-order chi connectivity index (χ0) is 20.6. The van der Waals surface area contributed by atoms with Gasteiger partial charge in [0.2, 0.25) is 11.8 Å². The SMILES string of the molecule is COc1cc(OC)cc(-c2nnc(SCC(=O)N(CC#N)c3ccccc3)o2)c1. The molecule has 0 spiro atoms. The van der Waals surface area contributed by atoms with E-state index in [0.717, 1.165) is 11.8 Å². The summed E-state index contributed by atoms with van der Waals surface area (Å²) in [4.78, 5) is 14.0. The number of amides is 1. The van der Waals surface area contributed by atoms with Crippen LogP contribution >= 0.6 is 11.8 Å². The minimum atomic E-state index is -0.231. The number of hydrogen-bond donors (Lipinski definition) is 0. The lowest BCUT2D eigenvalue weighted by molar-refractivity contribution is -0.116. The van der Waals surface area contributed by atoms with Crippen molar-refractivity contribution in [3.05, 3.63) is 48.5 Å². The van der Waals surface area contributed by atoms with Crippen LogP contribution in [0.15, 0.2) is 58.2 Å². The number of benzene rings is 2. The van der Waals surface area contributed by atoms with Crippen LogP contribution in [0, 0.1) is 11.3 Å². The maximum Gasteiger partial charge on any atom is 0.277 e. The van der Waals surface area contributed by atoms with E-state index in [1.54, 1.807) is 44.6 Å². The average molecular weight is 410 g/mol. The molecule has 0 bridgehead atoms. The van der Waals surface area contributed by atoms with E-state index in [1.807, 2.05) is 24.3 Å². The van der Waals surface area contributed by atoms with Gasteiger partial charge in [0.15, 0.2) is 0 Å². The number of nitrogens with zero attached hydrogens (tertiary/aromatic N) is 4. The van der Waals surface area contributed by atoms with Crippen LogP contribution in [-0.2, 0) is 4.79 Å². The number of methoxy groups -OCH3 is 2. The van der Waals surface area contributed by atoms with Crippen molar-refractivity contribution in [3.8, 4) is 29.0 Å². The number of carbonyl (C=O) groups excluding carboxylic acids is 1. The quantitative estimate of drug-likeness (QED) is 0.411. The number of anilines is 1. The second-order valence-electron chi connectivity index (χ2n) is 5.74. The van der Waals surface area contributed by atoms with Crippen molar-refractivity contribution in [1.29, 1.82) is 5.26 Å². The molecule has 0 aliphatic heterocycles. The fourth-order valence-corrected chi connectivity index (χ4v) is 3.16. The lowest BCUT2D eigenvalue weighted by atomic mass is 10.2. The van der Waals surface area contributed by atoms with Gasteiger partial charge in [0.25, 0.3) is 5.22 Å². The Labute approximate surface area is 172 Å². The first-order valence-electron chi connectivity index (χ1n) is 8.56.